The van der Waals surface area contributed by atoms with Crippen molar-refractivity contribution < 1.29 is 0 Å². The fraction of sp³-hybridized carbons (Fsp3) is 0. The summed E-state index contributed by atoms with van der Waals surface area (Å²) in [6, 6.07) is 0. The topological polar surface area (TPSA) is 115 Å². The zero-order valence-electron chi connectivity index (χ0n) is 11.6. The minimum Gasteiger partial charge on any atom is -0.383 e. The van der Waals surface area contributed by atoms with E-state index in [0.717, 1.165) is 22.9 Å². The van der Waals surface area contributed by atoms with Crippen LogP contribution in [0.5, 0.6) is 0 Å². The van der Waals surface area contributed by atoms with Crippen molar-refractivity contribution in [2.24, 2.45) is 0 Å². The predicted octanol–water partition coefficient (Wildman–Crippen LogP) is -2.42. The van der Waals surface area contributed by atoms with Crippen molar-refractivity contribution in [1.29, 1.82) is 0 Å². The maximum atomic E-state index is 4.45. The Hall–Kier alpha value is -2.17. The molecule has 4 rings (SSSR count). The van der Waals surface area contributed by atoms with Gasteiger partial charge in [-0.2, -0.15) is 0 Å². The van der Waals surface area contributed by atoms with Gasteiger partial charge in [0.05, 0.1) is 0 Å². The number of aromatic nitrogens is 8. The van der Waals surface area contributed by atoms with Crippen LogP contribution in [0.1, 0.15) is 0 Å². The summed E-state index contributed by atoms with van der Waals surface area (Å²) in [7, 11) is 0. The molecule has 0 fully saturated rings. The van der Waals surface area contributed by atoms with Crippen LogP contribution in [-0.2, 0) is 0 Å². The van der Waals surface area contributed by atoms with Gasteiger partial charge in [-0.05, 0) is 22.9 Å². The molecule has 0 bridgehead atoms. The third kappa shape index (κ3) is 2.03. The molecule has 106 valence electrons. The van der Waals surface area contributed by atoms with Gasteiger partial charge in [0.1, 0.15) is 0 Å². The normalized spacial score (nSPS) is 11.3. The molecule has 4 aromatic rings. The molecule has 0 unspecified atom stereocenters. The molecule has 4 aromatic heterocycles. The molecule has 0 saturated heterocycles. The van der Waals surface area contributed by atoms with Crippen LogP contribution in [0.2, 0.25) is 0 Å². The molecule has 10 heteroatoms. The van der Waals surface area contributed by atoms with Crippen LogP contribution < -0.4 is 22.9 Å². The predicted molar refractivity (Wildman–Crippen MR) is 84.4 cm³/mol. The molecule has 0 aromatic carbocycles. The average Bonchev–Trinajstić information content (AvgIpc) is 3.32. The van der Waals surface area contributed by atoms with Gasteiger partial charge in [0, 0.05) is 49.6 Å². The number of nitrogens with one attached hydrogen (secondary N) is 4. The Morgan fingerprint density at radius 3 is 1.00 bits per heavy atom. The first kappa shape index (κ1) is 14.8. The Labute approximate surface area is 145 Å². The summed E-state index contributed by atoms with van der Waals surface area (Å²) in [6.07, 6.45) is 12.2. The van der Waals surface area contributed by atoms with Crippen molar-refractivity contribution >= 4 is 56.3 Å². The fourth-order valence-electron chi connectivity index (χ4n) is 2.83. The Balaban J connectivity index is 0.00000144. The molecule has 0 aliphatic carbocycles. The summed E-state index contributed by atoms with van der Waals surface area (Å²) >= 11 is 0. The molecule has 8 nitrogen and oxygen atoms in total. The Kier molecular flexibility index (Phi) is 3.96. The molecule has 0 aliphatic rings. The quantitative estimate of drug-likeness (QED) is 0.242. The van der Waals surface area contributed by atoms with Crippen molar-refractivity contribution in [3.63, 3.8) is 0 Å². The van der Waals surface area contributed by atoms with E-state index in [1.54, 1.807) is 49.6 Å². The van der Waals surface area contributed by atoms with Gasteiger partial charge in [-0.3, -0.25) is 19.9 Å². The van der Waals surface area contributed by atoms with Gasteiger partial charge < -0.3 is 19.9 Å². The summed E-state index contributed by atoms with van der Waals surface area (Å²) < 4.78 is 0. The minimum atomic E-state index is -1.72. The van der Waals surface area contributed by atoms with Crippen LogP contribution in [0.3, 0.4) is 0 Å². The zero-order chi connectivity index (χ0) is 14.1. The largest absolute Gasteiger partial charge is 1.00 e. The van der Waals surface area contributed by atoms with E-state index in [1.807, 2.05) is 0 Å². The summed E-state index contributed by atoms with van der Waals surface area (Å²) in [6.45, 7) is 0. The fourth-order valence-corrected chi connectivity index (χ4v) is 2.83. The van der Waals surface area contributed by atoms with Gasteiger partial charge in [-0.25, -0.2) is 0 Å². The molecular formula is C12H12BN8Tl. The van der Waals surface area contributed by atoms with Gasteiger partial charge in [0.15, 0.2) is 0 Å². The van der Waals surface area contributed by atoms with Crippen molar-refractivity contribution in [2.45, 2.75) is 0 Å². The van der Waals surface area contributed by atoms with E-state index >= 15 is 0 Å². The molecular weight excluding hydrogens is 471 g/mol. The van der Waals surface area contributed by atoms with Gasteiger partial charge >= 0.3 is 27.3 Å². The standard InChI is InChI=1S/C12H12BN8.Tl/c1-2-15-9(14-1)13(10-16-3-4-17-10,11-18-5-6-19-11)12-20-7-8-21-12;/h1-8H,(H,14,15)(H,16,17)(H,18,19)(H,20,21);/q-1;+1. The van der Waals surface area contributed by atoms with Gasteiger partial charge in [-0.15, -0.1) is 0 Å². The molecule has 0 aliphatic heterocycles. The summed E-state index contributed by atoms with van der Waals surface area (Å²) in [5.41, 5.74) is 2.93. The maximum Gasteiger partial charge on any atom is 1.00 e. The molecule has 4 N–H and O–H groups in total. The number of rotatable bonds is 4. The molecule has 4 heterocycles. The van der Waals surface area contributed by atoms with Crippen molar-refractivity contribution in [3.8, 4) is 0 Å². The number of aromatic amines is 4. The molecule has 22 heavy (non-hydrogen) atoms. The van der Waals surface area contributed by atoms with Crippen LogP contribution in [-0.4, -0.2) is 73.3 Å². The zero-order valence-corrected chi connectivity index (χ0v) is 16.1. The maximum absolute atomic E-state index is 4.45. The summed E-state index contributed by atoms with van der Waals surface area (Å²) in [5, 5.41) is 0. The van der Waals surface area contributed by atoms with Gasteiger partial charge in [0.2, 0.25) is 0 Å². The number of nitrogens with zero attached hydrogens (tertiary/aromatic N) is 4. The van der Waals surface area contributed by atoms with Crippen molar-refractivity contribution in [3.05, 3.63) is 49.6 Å². The molecule has 0 radical (unpaired) electrons. The SMILES string of the molecule is [Tl+].c1c[nH]c([B-](c2ncc[nH]2)(c2ncc[nH]2)c2ncc[nH]2)n1. The van der Waals surface area contributed by atoms with Gasteiger partial charge in [-0.1, -0.05) is 0 Å². The first-order chi connectivity index (χ1) is 10.4. The molecule has 0 saturated carbocycles. The molecule has 0 atom stereocenters. The average molecular weight is 483 g/mol. The van der Waals surface area contributed by atoms with E-state index in [0.29, 0.717) is 0 Å². The monoisotopic (exact) mass is 484 g/mol. The van der Waals surface area contributed by atoms with Gasteiger partial charge in [0.25, 0.3) is 6.15 Å². The van der Waals surface area contributed by atoms with Crippen molar-refractivity contribution in [2.75, 3.05) is 0 Å². The van der Waals surface area contributed by atoms with E-state index < -0.39 is 6.15 Å². The Morgan fingerprint density at radius 1 is 0.545 bits per heavy atom. The van der Waals surface area contributed by atoms with E-state index in [1.165, 1.54) is 0 Å². The second-order valence-corrected chi connectivity index (χ2v) is 4.76. The smallest absolute Gasteiger partial charge is 0.383 e. The number of hydrogen-bond donors (Lipinski definition) is 4. The molecule has 0 amide bonds. The first-order valence-corrected chi connectivity index (χ1v) is 6.57. The van der Waals surface area contributed by atoms with Crippen molar-refractivity contribution in [1.82, 2.24) is 39.9 Å². The number of hydrogen-bond acceptors (Lipinski definition) is 4. The Morgan fingerprint density at radius 2 is 0.818 bits per heavy atom. The Bertz CT molecular complexity index is 649. The first-order valence-electron chi connectivity index (χ1n) is 6.57. The minimum absolute atomic E-state index is 0. The second kappa shape index (κ2) is 5.91. The van der Waals surface area contributed by atoms with Crippen LogP contribution in [0.4, 0.5) is 0 Å². The third-order valence-electron chi connectivity index (χ3n) is 3.72. The van der Waals surface area contributed by atoms with Crippen LogP contribution >= 0.6 is 0 Å². The van der Waals surface area contributed by atoms with E-state index in [9.17, 15) is 0 Å². The third-order valence-corrected chi connectivity index (χ3v) is 3.72. The molecule has 0 spiro atoms. The second-order valence-electron chi connectivity index (χ2n) is 4.76. The van der Waals surface area contributed by atoms with E-state index in [4.69, 9.17) is 0 Å². The van der Waals surface area contributed by atoms with Crippen LogP contribution in [0.25, 0.3) is 0 Å². The van der Waals surface area contributed by atoms with E-state index in [2.05, 4.69) is 39.9 Å². The number of imidazole rings is 4. The number of H-pyrrole nitrogens is 4. The van der Waals surface area contributed by atoms with Crippen LogP contribution in [0, 0.1) is 0 Å². The van der Waals surface area contributed by atoms with Crippen LogP contribution in [0.15, 0.2) is 49.6 Å². The summed E-state index contributed by atoms with van der Waals surface area (Å²) in [4.78, 5) is 30.5. The summed E-state index contributed by atoms with van der Waals surface area (Å²) in [5.74, 6) is 0. The van der Waals surface area contributed by atoms with E-state index in [-0.39, 0.29) is 27.3 Å².